The van der Waals surface area contributed by atoms with Crippen molar-refractivity contribution in [3.8, 4) is 0 Å². The van der Waals surface area contributed by atoms with Crippen LogP contribution in [0.4, 0.5) is 0 Å². The van der Waals surface area contributed by atoms with Crippen molar-refractivity contribution in [2.24, 2.45) is 0 Å². The number of rotatable bonds is 1. The van der Waals surface area contributed by atoms with Gasteiger partial charge in [-0.05, 0) is 44.5 Å². The summed E-state index contributed by atoms with van der Waals surface area (Å²) in [6.45, 7) is 7.37. The molecule has 0 amide bonds. The molecule has 0 N–H and O–H groups in total. The standard InChI is InChI=1S/C25H24N2O2/c1-24(2)25(3,4)27(29)23(26(24)28)16-13-14-21-19-11-6-5-9-17(19)18-10-7-8-12-20(18)22(21)15-16/h5-15,23H,1-4H3/q+2. The van der Waals surface area contributed by atoms with E-state index in [-0.39, 0.29) is 0 Å². The quantitative estimate of drug-likeness (QED) is 0.286. The number of nitrogens with zero attached hydrogens (tertiary/aromatic N) is 2. The largest absolute Gasteiger partial charge is 0.458 e. The van der Waals surface area contributed by atoms with E-state index in [4.69, 9.17) is 0 Å². The summed E-state index contributed by atoms with van der Waals surface area (Å²) >= 11 is 0. The number of hydrogen-bond acceptors (Lipinski definition) is 2. The molecule has 0 saturated carbocycles. The second-order valence-electron chi connectivity index (χ2n) is 9.04. The van der Waals surface area contributed by atoms with E-state index in [0.29, 0.717) is 0 Å². The molecule has 1 saturated heterocycles. The first-order valence-corrected chi connectivity index (χ1v) is 10.0. The zero-order valence-electron chi connectivity index (χ0n) is 17.1. The van der Waals surface area contributed by atoms with E-state index in [1.165, 1.54) is 16.2 Å². The van der Waals surface area contributed by atoms with E-state index in [1.54, 1.807) is 0 Å². The maximum absolute atomic E-state index is 13.1. The van der Waals surface area contributed by atoms with Gasteiger partial charge in [-0.25, -0.2) is 0 Å². The molecular formula is C25H24N2O2+2. The van der Waals surface area contributed by atoms with Gasteiger partial charge in [-0.1, -0.05) is 54.6 Å². The van der Waals surface area contributed by atoms with Crippen LogP contribution in [0.5, 0.6) is 0 Å². The average molecular weight is 384 g/mol. The minimum atomic E-state index is -0.852. The first-order valence-electron chi connectivity index (χ1n) is 10.0. The number of nitroso groups, excluding NO2 is 2. The smallest absolute Gasteiger partial charge is 0.0616 e. The predicted molar refractivity (Wildman–Crippen MR) is 117 cm³/mol. The van der Waals surface area contributed by atoms with E-state index < -0.39 is 17.2 Å². The number of hydrogen-bond donors (Lipinski definition) is 0. The van der Waals surface area contributed by atoms with Gasteiger partial charge in [0, 0.05) is 37.5 Å². The molecule has 0 bridgehead atoms. The van der Waals surface area contributed by atoms with E-state index in [2.05, 4.69) is 36.4 Å². The lowest BCUT2D eigenvalue weighted by molar-refractivity contribution is -0.764. The Kier molecular flexibility index (Phi) is 3.52. The maximum Gasteiger partial charge on any atom is 0.458 e. The molecule has 0 aliphatic carbocycles. The minimum absolute atomic E-state index is 0.738. The molecule has 1 aliphatic heterocycles. The van der Waals surface area contributed by atoms with Crippen LogP contribution in [0, 0.1) is 9.81 Å². The molecule has 0 spiro atoms. The third kappa shape index (κ3) is 2.20. The zero-order valence-corrected chi connectivity index (χ0v) is 17.1. The van der Waals surface area contributed by atoms with Crippen molar-refractivity contribution in [1.82, 2.24) is 0 Å². The predicted octanol–water partition coefficient (Wildman–Crippen LogP) is 6.27. The average Bonchev–Trinajstić information content (AvgIpc) is 2.84. The summed E-state index contributed by atoms with van der Waals surface area (Å²) in [7, 11) is 0. The summed E-state index contributed by atoms with van der Waals surface area (Å²) in [5.41, 5.74) is -0.846. The van der Waals surface area contributed by atoms with Gasteiger partial charge in [0.15, 0.2) is 0 Å². The summed E-state index contributed by atoms with van der Waals surface area (Å²) in [4.78, 5) is 26.3. The van der Waals surface area contributed by atoms with Crippen molar-refractivity contribution < 1.29 is 9.52 Å². The van der Waals surface area contributed by atoms with Crippen LogP contribution in [0.25, 0.3) is 32.3 Å². The van der Waals surface area contributed by atoms with Crippen molar-refractivity contribution in [3.63, 3.8) is 0 Å². The fourth-order valence-corrected chi connectivity index (χ4v) is 4.60. The van der Waals surface area contributed by atoms with Gasteiger partial charge in [-0.2, -0.15) is 0 Å². The highest BCUT2D eigenvalue weighted by Gasteiger charge is 2.75. The maximum atomic E-state index is 13.1. The lowest BCUT2D eigenvalue weighted by atomic mass is 9.84. The molecule has 29 heavy (non-hydrogen) atoms. The first-order chi connectivity index (χ1) is 13.7. The Morgan fingerprint density at radius 1 is 0.586 bits per heavy atom. The topological polar surface area (TPSA) is 40.2 Å². The molecule has 1 fully saturated rings. The van der Waals surface area contributed by atoms with Crippen molar-refractivity contribution >= 4 is 32.3 Å². The highest BCUT2D eigenvalue weighted by atomic mass is 16.3. The molecule has 4 nitrogen and oxygen atoms in total. The van der Waals surface area contributed by atoms with Gasteiger partial charge in [-0.3, -0.25) is 0 Å². The van der Waals surface area contributed by atoms with Crippen molar-refractivity contribution in [1.29, 1.82) is 0 Å². The Labute approximate surface area is 169 Å². The summed E-state index contributed by atoms with van der Waals surface area (Å²) in [5.74, 6) is 0. The van der Waals surface area contributed by atoms with Gasteiger partial charge in [0.05, 0.1) is 9.52 Å². The molecule has 144 valence electrons. The van der Waals surface area contributed by atoms with Crippen LogP contribution in [0.15, 0.2) is 66.7 Å². The SMILES string of the molecule is CC1(C)[N+](=O)C(c2ccc3c4ccccc4c4ccccc4c3c2)[N+](=O)C1(C)C. The van der Waals surface area contributed by atoms with Gasteiger partial charge in [0.2, 0.25) is 0 Å². The van der Waals surface area contributed by atoms with E-state index >= 15 is 0 Å². The van der Waals surface area contributed by atoms with Crippen LogP contribution < -0.4 is 0 Å². The first kappa shape index (κ1) is 17.9. The number of benzene rings is 4. The monoisotopic (exact) mass is 384 g/mol. The zero-order chi connectivity index (χ0) is 20.6. The van der Waals surface area contributed by atoms with Crippen molar-refractivity contribution in [2.75, 3.05) is 0 Å². The lowest BCUT2D eigenvalue weighted by Gasteiger charge is -2.15. The fraction of sp³-hybridized carbons (Fsp3) is 0.280. The summed E-state index contributed by atoms with van der Waals surface area (Å²) in [6.07, 6.45) is -0.852. The Morgan fingerprint density at radius 2 is 0.966 bits per heavy atom. The second-order valence-corrected chi connectivity index (χ2v) is 9.04. The van der Waals surface area contributed by atoms with Crippen LogP contribution in [0.2, 0.25) is 0 Å². The Hall–Kier alpha value is -3.14. The van der Waals surface area contributed by atoms with E-state index in [0.717, 1.165) is 31.2 Å². The third-order valence-corrected chi connectivity index (χ3v) is 7.11. The molecule has 1 aliphatic rings. The van der Waals surface area contributed by atoms with E-state index in [1.807, 2.05) is 58.0 Å². The fourth-order valence-electron chi connectivity index (χ4n) is 4.60. The Morgan fingerprint density at radius 3 is 1.41 bits per heavy atom. The molecule has 0 radical (unpaired) electrons. The minimum Gasteiger partial charge on any atom is -0.0616 e. The summed E-state index contributed by atoms with van der Waals surface area (Å²) < 4.78 is 1.93. The normalized spacial score (nSPS) is 18.9. The molecule has 4 aromatic rings. The highest BCUT2D eigenvalue weighted by Crippen LogP contribution is 2.44. The van der Waals surface area contributed by atoms with Crippen LogP contribution in [0.1, 0.15) is 39.4 Å². The Balaban J connectivity index is 1.83. The second kappa shape index (κ2) is 5.69. The van der Waals surface area contributed by atoms with Gasteiger partial charge >= 0.3 is 6.17 Å². The van der Waals surface area contributed by atoms with Gasteiger partial charge in [0.25, 0.3) is 11.1 Å². The van der Waals surface area contributed by atoms with Crippen LogP contribution in [-0.2, 0) is 0 Å². The van der Waals surface area contributed by atoms with Crippen LogP contribution in [-0.4, -0.2) is 20.6 Å². The molecule has 5 rings (SSSR count). The van der Waals surface area contributed by atoms with Crippen molar-refractivity contribution in [3.05, 3.63) is 82.1 Å². The third-order valence-electron chi connectivity index (χ3n) is 7.11. The van der Waals surface area contributed by atoms with Gasteiger partial charge in [0.1, 0.15) is 5.56 Å². The molecular weight excluding hydrogens is 360 g/mol. The molecule has 0 aromatic heterocycles. The molecule has 0 atom stereocenters. The summed E-state index contributed by atoms with van der Waals surface area (Å²) in [6, 6.07) is 22.7. The highest BCUT2D eigenvalue weighted by molar-refractivity contribution is 6.25. The van der Waals surface area contributed by atoms with E-state index in [9.17, 15) is 9.81 Å². The molecule has 4 heteroatoms. The summed E-state index contributed by atoms with van der Waals surface area (Å²) in [5, 5.41) is 6.91. The molecule has 1 heterocycles. The van der Waals surface area contributed by atoms with Gasteiger partial charge in [-0.15, -0.1) is 0 Å². The molecule has 4 aromatic carbocycles. The lowest BCUT2D eigenvalue weighted by Crippen LogP contribution is -2.48. The van der Waals surface area contributed by atoms with Gasteiger partial charge < -0.3 is 0 Å². The van der Waals surface area contributed by atoms with Crippen molar-refractivity contribution in [2.45, 2.75) is 44.9 Å². The number of fused-ring (bicyclic) bond motifs is 6. The van der Waals surface area contributed by atoms with Crippen LogP contribution >= 0.6 is 0 Å². The van der Waals surface area contributed by atoms with Crippen LogP contribution in [0.3, 0.4) is 0 Å². The Bertz CT molecular complexity index is 1290. The molecule has 0 unspecified atom stereocenters.